The Morgan fingerprint density at radius 2 is 1.84 bits per heavy atom. The third-order valence-corrected chi connectivity index (χ3v) is 3.05. The van der Waals surface area contributed by atoms with E-state index < -0.39 is 0 Å². The third kappa shape index (κ3) is 1.99. The first kappa shape index (κ1) is 11.5. The summed E-state index contributed by atoms with van der Waals surface area (Å²) in [5, 5.41) is 10.4. The van der Waals surface area contributed by atoms with Gasteiger partial charge in [-0.3, -0.25) is 4.79 Å². The molecule has 0 saturated heterocycles. The van der Waals surface area contributed by atoms with Crippen LogP contribution in [0, 0.1) is 6.92 Å². The van der Waals surface area contributed by atoms with Gasteiger partial charge in [0.05, 0.1) is 10.9 Å². The van der Waals surface area contributed by atoms with Crippen molar-refractivity contribution in [3.63, 3.8) is 0 Å². The van der Waals surface area contributed by atoms with Crippen LogP contribution in [0.3, 0.4) is 0 Å². The van der Waals surface area contributed by atoms with Gasteiger partial charge in [0.25, 0.3) is 0 Å². The molecule has 0 amide bonds. The lowest BCUT2D eigenvalue weighted by atomic mass is 10.1. The zero-order valence-corrected chi connectivity index (χ0v) is 10.4. The molecule has 3 heteroatoms. The number of phenols is 1. The lowest BCUT2D eigenvalue weighted by Crippen LogP contribution is -2.00. The summed E-state index contributed by atoms with van der Waals surface area (Å²) in [6, 6.07) is 13.7. The number of rotatable bonds is 1. The van der Waals surface area contributed by atoms with Gasteiger partial charge in [0.1, 0.15) is 17.1 Å². The predicted octanol–water partition coefficient (Wildman–Crippen LogP) is 3.47. The van der Waals surface area contributed by atoms with Crippen molar-refractivity contribution in [3.05, 3.63) is 64.3 Å². The summed E-state index contributed by atoms with van der Waals surface area (Å²) in [5.74, 6) is 0.471. The van der Waals surface area contributed by atoms with Crippen molar-refractivity contribution in [2.75, 3.05) is 0 Å². The van der Waals surface area contributed by atoms with Crippen molar-refractivity contribution in [3.8, 4) is 17.1 Å². The number of aryl methyl sites for hydroxylation is 1. The Hall–Kier alpha value is -2.55. The Labute approximate surface area is 109 Å². The minimum absolute atomic E-state index is 0.0950. The van der Waals surface area contributed by atoms with E-state index in [0.29, 0.717) is 22.3 Å². The maximum atomic E-state index is 12.1. The van der Waals surface area contributed by atoms with Gasteiger partial charge in [0, 0.05) is 6.07 Å². The zero-order valence-electron chi connectivity index (χ0n) is 10.4. The number of phenolic OH excluding ortho intramolecular Hbond substituents is 1. The fourth-order valence-corrected chi connectivity index (χ4v) is 2.08. The standard InChI is InChI=1S/C16H12O3/c1-10-6-7-12-14(18)9-16(19-15(12)8-10)11-4-2-3-5-13(11)17/h2-9,17H,1H3. The van der Waals surface area contributed by atoms with Gasteiger partial charge in [-0.25, -0.2) is 0 Å². The van der Waals surface area contributed by atoms with Crippen molar-refractivity contribution in [2.24, 2.45) is 0 Å². The van der Waals surface area contributed by atoms with E-state index in [1.807, 2.05) is 19.1 Å². The molecule has 3 nitrogen and oxygen atoms in total. The van der Waals surface area contributed by atoms with Crippen LogP contribution in [0.15, 0.2) is 57.7 Å². The van der Waals surface area contributed by atoms with Crippen LogP contribution in [0.2, 0.25) is 0 Å². The summed E-state index contributed by atoms with van der Waals surface area (Å²) in [6.45, 7) is 1.94. The monoisotopic (exact) mass is 252 g/mol. The molecule has 0 unspecified atom stereocenters. The van der Waals surface area contributed by atoms with Crippen LogP contribution in [0.5, 0.6) is 5.75 Å². The van der Waals surface area contributed by atoms with E-state index in [-0.39, 0.29) is 11.2 Å². The summed E-state index contributed by atoms with van der Waals surface area (Å²) in [4.78, 5) is 12.1. The summed E-state index contributed by atoms with van der Waals surface area (Å²) in [5.41, 5.74) is 1.96. The van der Waals surface area contributed by atoms with Crippen LogP contribution < -0.4 is 5.43 Å². The molecule has 0 fully saturated rings. The van der Waals surface area contributed by atoms with Gasteiger partial charge < -0.3 is 9.52 Å². The summed E-state index contributed by atoms with van der Waals surface area (Å²) in [6.07, 6.45) is 0. The van der Waals surface area contributed by atoms with E-state index in [0.717, 1.165) is 5.56 Å². The normalized spacial score (nSPS) is 10.8. The molecular formula is C16H12O3. The third-order valence-electron chi connectivity index (χ3n) is 3.05. The quantitative estimate of drug-likeness (QED) is 0.721. The average molecular weight is 252 g/mol. The highest BCUT2D eigenvalue weighted by Gasteiger charge is 2.09. The first-order chi connectivity index (χ1) is 9.15. The lowest BCUT2D eigenvalue weighted by Gasteiger charge is -2.05. The van der Waals surface area contributed by atoms with Crippen LogP contribution >= 0.6 is 0 Å². The molecule has 94 valence electrons. The second kappa shape index (κ2) is 4.28. The Morgan fingerprint density at radius 1 is 1.05 bits per heavy atom. The Bertz CT molecular complexity index is 816. The fourth-order valence-electron chi connectivity index (χ4n) is 2.08. The van der Waals surface area contributed by atoms with Gasteiger partial charge in [-0.2, -0.15) is 0 Å². The SMILES string of the molecule is Cc1ccc2c(=O)cc(-c3ccccc3O)oc2c1. The number of para-hydroxylation sites is 1. The Kier molecular flexibility index (Phi) is 2.60. The van der Waals surface area contributed by atoms with Crippen LogP contribution in [-0.4, -0.2) is 5.11 Å². The topological polar surface area (TPSA) is 50.4 Å². The second-order valence-electron chi connectivity index (χ2n) is 4.49. The van der Waals surface area contributed by atoms with E-state index in [2.05, 4.69) is 0 Å². The van der Waals surface area contributed by atoms with E-state index in [1.165, 1.54) is 6.07 Å². The van der Waals surface area contributed by atoms with Gasteiger partial charge in [-0.1, -0.05) is 18.2 Å². The zero-order chi connectivity index (χ0) is 13.4. The lowest BCUT2D eigenvalue weighted by molar-refractivity contribution is 0.474. The molecule has 19 heavy (non-hydrogen) atoms. The number of hydrogen-bond donors (Lipinski definition) is 1. The average Bonchev–Trinajstić information content (AvgIpc) is 2.38. The smallest absolute Gasteiger partial charge is 0.193 e. The molecule has 3 rings (SSSR count). The Morgan fingerprint density at radius 3 is 2.63 bits per heavy atom. The van der Waals surface area contributed by atoms with Crippen molar-refractivity contribution < 1.29 is 9.52 Å². The van der Waals surface area contributed by atoms with Gasteiger partial charge >= 0.3 is 0 Å². The molecule has 0 atom stereocenters. The number of hydrogen-bond acceptors (Lipinski definition) is 3. The van der Waals surface area contributed by atoms with Crippen LogP contribution in [0.1, 0.15) is 5.56 Å². The Balaban J connectivity index is 2.32. The highest BCUT2D eigenvalue weighted by molar-refractivity contribution is 5.80. The summed E-state index contributed by atoms with van der Waals surface area (Å²) < 4.78 is 5.73. The van der Waals surface area contributed by atoms with E-state index in [4.69, 9.17) is 4.42 Å². The molecule has 1 heterocycles. The van der Waals surface area contributed by atoms with E-state index in [1.54, 1.807) is 30.3 Å². The highest BCUT2D eigenvalue weighted by atomic mass is 16.3. The molecular weight excluding hydrogens is 240 g/mol. The van der Waals surface area contributed by atoms with Crippen molar-refractivity contribution >= 4 is 11.0 Å². The predicted molar refractivity (Wildman–Crippen MR) is 74.3 cm³/mol. The molecule has 0 saturated carbocycles. The first-order valence-corrected chi connectivity index (χ1v) is 5.98. The minimum Gasteiger partial charge on any atom is -0.507 e. The number of fused-ring (bicyclic) bond motifs is 1. The van der Waals surface area contributed by atoms with Crippen molar-refractivity contribution in [1.29, 1.82) is 0 Å². The maximum Gasteiger partial charge on any atom is 0.193 e. The first-order valence-electron chi connectivity index (χ1n) is 5.98. The second-order valence-corrected chi connectivity index (χ2v) is 4.49. The molecule has 1 aromatic heterocycles. The highest BCUT2D eigenvalue weighted by Crippen LogP contribution is 2.29. The fraction of sp³-hybridized carbons (Fsp3) is 0.0625. The molecule has 3 aromatic rings. The molecule has 0 spiro atoms. The van der Waals surface area contributed by atoms with Gasteiger partial charge in [-0.15, -0.1) is 0 Å². The molecule has 1 N–H and O–H groups in total. The number of aromatic hydroxyl groups is 1. The largest absolute Gasteiger partial charge is 0.507 e. The van der Waals surface area contributed by atoms with Crippen molar-refractivity contribution in [1.82, 2.24) is 0 Å². The van der Waals surface area contributed by atoms with Gasteiger partial charge in [0.2, 0.25) is 0 Å². The molecule has 0 radical (unpaired) electrons. The summed E-state index contributed by atoms with van der Waals surface area (Å²) in [7, 11) is 0. The van der Waals surface area contributed by atoms with Gasteiger partial charge in [0.15, 0.2) is 5.43 Å². The van der Waals surface area contributed by atoms with Crippen LogP contribution in [-0.2, 0) is 0 Å². The van der Waals surface area contributed by atoms with Crippen LogP contribution in [0.4, 0.5) is 0 Å². The maximum absolute atomic E-state index is 12.1. The molecule has 0 aliphatic heterocycles. The van der Waals surface area contributed by atoms with E-state index >= 15 is 0 Å². The van der Waals surface area contributed by atoms with E-state index in [9.17, 15) is 9.90 Å². The van der Waals surface area contributed by atoms with Crippen LogP contribution in [0.25, 0.3) is 22.3 Å². The molecule has 0 bridgehead atoms. The van der Waals surface area contributed by atoms with Crippen molar-refractivity contribution in [2.45, 2.75) is 6.92 Å². The summed E-state index contributed by atoms with van der Waals surface area (Å²) >= 11 is 0. The minimum atomic E-state index is -0.112. The molecule has 0 aliphatic rings. The number of benzene rings is 2. The molecule has 2 aromatic carbocycles. The molecule has 0 aliphatic carbocycles. The van der Waals surface area contributed by atoms with Gasteiger partial charge in [-0.05, 0) is 36.8 Å².